The summed E-state index contributed by atoms with van der Waals surface area (Å²) in [7, 11) is 3.63. The lowest BCUT2D eigenvalue weighted by Gasteiger charge is -2.18. The molecular formula is C16H14ClFN4O. The third kappa shape index (κ3) is 2.85. The van der Waals surface area contributed by atoms with E-state index in [0.717, 1.165) is 5.69 Å². The van der Waals surface area contributed by atoms with Gasteiger partial charge in [-0.05, 0) is 42.5 Å². The Morgan fingerprint density at radius 3 is 2.48 bits per heavy atom. The summed E-state index contributed by atoms with van der Waals surface area (Å²) in [6, 6.07) is 10.8. The molecule has 0 spiro atoms. The van der Waals surface area contributed by atoms with Gasteiger partial charge in [0.25, 0.3) is 0 Å². The Balaban J connectivity index is 2.00. The maximum Gasteiger partial charge on any atom is 0.231 e. The Kier molecular flexibility index (Phi) is 3.92. The Bertz CT molecular complexity index is 848. The molecule has 1 N–H and O–H groups in total. The molecule has 3 aromatic rings. The minimum absolute atomic E-state index is 0.0876. The number of aromatic hydroxyl groups is 1. The Hall–Kier alpha value is -2.60. The van der Waals surface area contributed by atoms with Gasteiger partial charge in [-0.1, -0.05) is 11.6 Å². The largest absolute Gasteiger partial charge is 0.508 e. The molecule has 0 aliphatic heterocycles. The van der Waals surface area contributed by atoms with Gasteiger partial charge in [-0.15, -0.1) is 10.2 Å². The minimum Gasteiger partial charge on any atom is -0.508 e. The molecule has 0 saturated heterocycles. The van der Waals surface area contributed by atoms with Crippen LogP contribution in [0.25, 0.3) is 11.4 Å². The first-order valence-electron chi connectivity index (χ1n) is 6.85. The third-order valence-corrected chi connectivity index (χ3v) is 3.87. The van der Waals surface area contributed by atoms with Gasteiger partial charge in [0, 0.05) is 25.3 Å². The monoisotopic (exact) mass is 332 g/mol. The highest BCUT2D eigenvalue weighted by molar-refractivity contribution is 6.33. The van der Waals surface area contributed by atoms with Crippen molar-refractivity contribution >= 4 is 23.2 Å². The minimum atomic E-state index is -0.295. The van der Waals surface area contributed by atoms with Crippen molar-refractivity contribution in [1.82, 2.24) is 14.8 Å². The molecule has 1 heterocycles. The number of phenols is 1. The van der Waals surface area contributed by atoms with E-state index in [9.17, 15) is 9.50 Å². The number of phenolic OH excluding ortho intramolecular Hbond substituents is 1. The number of aromatic nitrogens is 3. The van der Waals surface area contributed by atoms with Crippen molar-refractivity contribution in [1.29, 1.82) is 0 Å². The molecule has 0 saturated carbocycles. The van der Waals surface area contributed by atoms with Gasteiger partial charge in [0.1, 0.15) is 11.6 Å². The van der Waals surface area contributed by atoms with Crippen LogP contribution in [0, 0.1) is 5.82 Å². The molecule has 3 rings (SSSR count). The summed E-state index contributed by atoms with van der Waals surface area (Å²) in [5.74, 6) is 0.941. The Morgan fingerprint density at radius 2 is 1.83 bits per heavy atom. The first-order valence-corrected chi connectivity index (χ1v) is 7.23. The van der Waals surface area contributed by atoms with E-state index in [1.54, 1.807) is 33.7 Å². The van der Waals surface area contributed by atoms with Crippen molar-refractivity contribution in [2.24, 2.45) is 7.05 Å². The van der Waals surface area contributed by atoms with Gasteiger partial charge in [-0.3, -0.25) is 4.57 Å². The second-order valence-corrected chi connectivity index (χ2v) is 5.49. The second kappa shape index (κ2) is 5.89. The quantitative estimate of drug-likeness (QED) is 0.793. The van der Waals surface area contributed by atoms with E-state index in [4.69, 9.17) is 11.6 Å². The SMILES string of the molecule is CN(c1ccc(F)cc1)c1nnc(-c2ccc(O)cc2Cl)n1C. The van der Waals surface area contributed by atoms with Gasteiger partial charge in [-0.2, -0.15) is 0 Å². The first-order chi connectivity index (χ1) is 11.0. The lowest BCUT2D eigenvalue weighted by molar-refractivity contribution is 0.475. The number of halogens is 2. The van der Waals surface area contributed by atoms with Crippen LogP contribution < -0.4 is 4.90 Å². The van der Waals surface area contributed by atoms with Crippen molar-refractivity contribution < 1.29 is 9.50 Å². The molecule has 0 radical (unpaired) electrons. The van der Waals surface area contributed by atoms with E-state index < -0.39 is 0 Å². The van der Waals surface area contributed by atoms with E-state index in [1.807, 2.05) is 14.1 Å². The topological polar surface area (TPSA) is 54.2 Å². The predicted octanol–water partition coefficient (Wildman–Crippen LogP) is 3.75. The molecule has 23 heavy (non-hydrogen) atoms. The number of hydrogen-bond donors (Lipinski definition) is 1. The molecule has 1 aromatic heterocycles. The maximum atomic E-state index is 13.0. The number of hydrogen-bond acceptors (Lipinski definition) is 4. The molecular weight excluding hydrogens is 319 g/mol. The molecule has 0 bridgehead atoms. The highest BCUT2D eigenvalue weighted by atomic mass is 35.5. The predicted molar refractivity (Wildman–Crippen MR) is 87.6 cm³/mol. The first kappa shape index (κ1) is 15.3. The molecule has 0 aliphatic carbocycles. The lowest BCUT2D eigenvalue weighted by Crippen LogP contribution is -2.14. The van der Waals surface area contributed by atoms with Gasteiger partial charge in [0.05, 0.1) is 5.02 Å². The summed E-state index contributed by atoms with van der Waals surface area (Å²) in [5.41, 5.74) is 1.45. The normalized spacial score (nSPS) is 10.8. The van der Waals surface area contributed by atoms with Gasteiger partial charge in [0.2, 0.25) is 5.95 Å². The number of nitrogens with zero attached hydrogens (tertiary/aromatic N) is 4. The van der Waals surface area contributed by atoms with Crippen molar-refractivity contribution in [3.8, 4) is 17.1 Å². The molecule has 5 nitrogen and oxygen atoms in total. The van der Waals surface area contributed by atoms with Crippen LogP contribution in [0.15, 0.2) is 42.5 Å². The van der Waals surface area contributed by atoms with Crippen molar-refractivity contribution in [3.05, 3.63) is 53.3 Å². The summed E-state index contributed by atoms with van der Waals surface area (Å²) in [4.78, 5) is 1.80. The lowest BCUT2D eigenvalue weighted by atomic mass is 10.2. The fraction of sp³-hybridized carbons (Fsp3) is 0.125. The maximum absolute atomic E-state index is 13.0. The van der Waals surface area contributed by atoms with Crippen LogP contribution in [0.5, 0.6) is 5.75 Å². The van der Waals surface area contributed by atoms with Crippen molar-refractivity contribution in [3.63, 3.8) is 0 Å². The van der Waals surface area contributed by atoms with E-state index in [-0.39, 0.29) is 11.6 Å². The van der Waals surface area contributed by atoms with Gasteiger partial charge in [-0.25, -0.2) is 4.39 Å². The average molecular weight is 333 g/mol. The second-order valence-electron chi connectivity index (χ2n) is 5.08. The molecule has 0 aliphatic rings. The zero-order chi connectivity index (χ0) is 16.6. The molecule has 118 valence electrons. The Morgan fingerprint density at radius 1 is 1.13 bits per heavy atom. The van der Waals surface area contributed by atoms with Crippen LogP contribution in [0.1, 0.15) is 0 Å². The van der Waals surface area contributed by atoms with Crippen molar-refractivity contribution in [2.45, 2.75) is 0 Å². The van der Waals surface area contributed by atoms with Crippen LogP contribution in [0.2, 0.25) is 5.02 Å². The molecule has 0 fully saturated rings. The van der Waals surface area contributed by atoms with E-state index in [0.29, 0.717) is 22.4 Å². The van der Waals surface area contributed by atoms with E-state index in [2.05, 4.69) is 10.2 Å². The summed E-state index contributed by atoms with van der Waals surface area (Å²) in [5, 5.41) is 18.2. The van der Waals surface area contributed by atoms with Crippen LogP contribution in [0.3, 0.4) is 0 Å². The number of rotatable bonds is 3. The van der Waals surface area contributed by atoms with Crippen LogP contribution in [-0.2, 0) is 7.05 Å². The fourth-order valence-electron chi connectivity index (χ4n) is 2.31. The van der Waals surface area contributed by atoms with Crippen LogP contribution >= 0.6 is 11.6 Å². The molecule has 7 heteroatoms. The fourth-order valence-corrected chi connectivity index (χ4v) is 2.57. The molecule has 2 aromatic carbocycles. The van der Waals surface area contributed by atoms with Gasteiger partial charge in [0.15, 0.2) is 5.82 Å². The third-order valence-electron chi connectivity index (χ3n) is 3.56. The van der Waals surface area contributed by atoms with Gasteiger partial charge < -0.3 is 10.0 Å². The van der Waals surface area contributed by atoms with Gasteiger partial charge >= 0.3 is 0 Å². The zero-order valence-corrected chi connectivity index (χ0v) is 13.3. The number of benzene rings is 2. The van der Waals surface area contributed by atoms with Crippen LogP contribution in [-0.4, -0.2) is 26.9 Å². The smallest absolute Gasteiger partial charge is 0.231 e. The summed E-state index contributed by atoms with van der Waals surface area (Å²) in [6.07, 6.45) is 0. The summed E-state index contributed by atoms with van der Waals surface area (Å²) >= 11 is 6.16. The Labute approximate surface area is 137 Å². The summed E-state index contributed by atoms with van der Waals surface area (Å²) < 4.78 is 14.8. The van der Waals surface area contributed by atoms with Crippen molar-refractivity contribution in [2.75, 3.05) is 11.9 Å². The van der Waals surface area contributed by atoms with E-state index >= 15 is 0 Å². The van der Waals surface area contributed by atoms with Crippen LogP contribution in [0.4, 0.5) is 16.0 Å². The average Bonchev–Trinajstić information content (AvgIpc) is 2.89. The zero-order valence-electron chi connectivity index (χ0n) is 12.5. The number of anilines is 2. The highest BCUT2D eigenvalue weighted by Gasteiger charge is 2.17. The molecule has 0 unspecified atom stereocenters. The summed E-state index contributed by atoms with van der Waals surface area (Å²) in [6.45, 7) is 0. The highest BCUT2D eigenvalue weighted by Crippen LogP contribution is 2.32. The molecule has 0 amide bonds. The standard InChI is InChI=1S/C16H14ClFN4O/c1-21(11-5-3-10(18)4-6-11)16-20-19-15(22(16)2)13-8-7-12(23)9-14(13)17/h3-9,23H,1-2H3. The van der Waals surface area contributed by atoms with E-state index in [1.165, 1.54) is 18.2 Å². The molecule has 0 atom stereocenters.